The molecule has 2 aliphatic rings. The number of fused-ring (bicyclic) bond motifs is 1. The molecule has 5 nitrogen and oxygen atoms in total. The molecule has 0 radical (unpaired) electrons. The van der Waals surface area contributed by atoms with Gasteiger partial charge in [0.25, 0.3) is 0 Å². The minimum atomic E-state index is -3.09. The minimum absolute atomic E-state index is 0.0291. The summed E-state index contributed by atoms with van der Waals surface area (Å²) >= 11 is 1.32. The van der Waals surface area contributed by atoms with E-state index < -0.39 is 9.84 Å². The summed E-state index contributed by atoms with van der Waals surface area (Å²) in [5.41, 5.74) is 0.654. The number of carbonyl (C=O) groups is 1. The first-order chi connectivity index (χ1) is 10.4. The molecule has 2 aliphatic heterocycles. The molecule has 0 saturated carbocycles. The average molecular weight is 342 g/mol. The highest BCUT2D eigenvalue weighted by atomic mass is 32.2. The van der Waals surface area contributed by atoms with Crippen molar-refractivity contribution in [2.75, 3.05) is 16.4 Å². The molecule has 1 amide bonds. The molecule has 0 aromatic heterocycles. The van der Waals surface area contributed by atoms with E-state index in [-0.39, 0.29) is 40.9 Å². The molecule has 2 heterocycles. The van der Waals surface area contributed by atoms with E-state index in [1.54, 1.807) is 24.0 Å². The van der Waals surface area contributed by atoms with Crippen molar-refractivity contribution < 1.29 is 17.6 Å². The smallest absolute Gasteiger partial charge is 0.247 e. The molecule has 118 valence electrons. The number of amides is 1. The van der Waals surface area contributed by atoms with Crippen molar-refractivity contribution >= 4 is 38.4 Å². The van der Waals surface area contributed by atoms with E-state index >= 15 is 0 Å². The van der Waals surface area contributed by atoms with Crippen LogP contribution in [0.5, 0.6) is 0 Å². The van der Waals surface area contributed by atoms with Gasteiger partial charge in [-0.3, -0.25) is 4.79 Å². The maximum absolute atomic E-state index is 13.1. The van der Waals surface area contributed by atoms with Gasteiger partial charge in [-0.25, -0.2) is 12.8 Å². The van der Waals surface area contributed by atoms with Crippen molar-refractivity contribution in [3.8, 4) is 0 Å². The second kappa shape index (κ2) is 5.66. The first-order valence-corrected chi connectivity index (χ1v) is 9.63. The summed E-state index contributed by atoms with van der Waals surface area (Å²) in [6.45, 7) is 1.72. The predicted molar refractivity (Wildman–Crippen MR) is 85.4 cm³/mol. The number of carbonyl (C=O) groups excluding carboxylic acids is 1. The highest BCUT2D eigenvalue weighted by molar-refractivity contribution is 8.16. The monoisotopic (exact) mass is 342 g/mol. The number of thioether (sulfide) groups is 1. The van der Waals surface area contributed by atoms with Gasteiger partial charge < -0.3 is 4.90 Å². The number of nitrogens with zero attached hydrogens (tertiary/aromatic N) is 2. The molecule has 0 unspecified atom stereocenters. The third-order valence-electron chi connectivity index (χ3n) is 3.69. The molecule has 2 atom stereocenters. The summed E-state index contributed by atoms with van der Waals surface area (Å²) in [7, 11) is -3.09. The Hall–Kier alpha value is -1.41. The van der Waals surface area contributed by atoms with Crippen molar-refractivity contribution in [3.05, 3.63) is 30.1 Å². The van der Waals surface area contributed by atoms with Crippen LogP contribution in [0.25, 0.3) is 0 Å². The van der Waals surface area contributed by atoms with Crippen LogP contribution in [0.3, 0.4) is 0 Å². The molecule has 0 bridgehead atoms. The zero-order valence-electron chi connectivity index (χ0n) is 11.9. The normalized spacial score (nSPS) is 28.1. The van der Waals surface area contributed by atoms with Crippen LogP contribution in [-0.4, -0.2) is 42.3 Å². The lowest BCUT2D eigenvalue weighted by molar-refractivity contribution is -0.117. The van der Waals surface area contributed by atoms with Crippen molar-refractivity contribution in [2.24, 2.45) is 4.99 Å². The fraction of sp³-hybridized carbons (Fsp3) is 0.429. The van der Waals surface area contributed by atoms with E-state index in [1.807, 2.05) is 0 Å². The molecule has 0 spiro atoms. The Balaban J connectivity index is 2.01. The Morgan fingerprint density at radius 1 is 1.36 bits per heavy atom. The number of hydrogen-bond donors (Lipinski definition) is 0. The van der Waals surface area contributed by atoms with Gasteiger partial charge in [-0.05, 0) is 24.3 Å². The SMILES string of the molecule is CCC(=O)N=C1S[C@@H]2CS(=O)(=O)C[C@H]2N1c1ccc(F)cc1. The molecule has 2 saturated heterocycles. The van der Waals surface area contributed by atoms with Crippen LogP contribution in [0.15, 0.2) is 29.3 Å². The van der Waals surface area contributed by atoms with Crippen LogP contribution in [0, 0.1) is 5.82 Å². The summed E-state index contributed by atoms with van der Waals surface area (Å²) < 4.78 is 36.8. The molecule has 0 N–H and O–H groups in total. The van der Waals surface area contributed by atoms with Crippen molar-refractivity contribution in [1.29, 1.82) is 0 Å². The van der Waals surface area contributed by atoms with Gasteiger partial charge in [-0.2, -0.15) is 4.99 Å². The third-order valence-corrected chi connectivity index (χ3v) is 6.90. The van der Waals surface area contributed by atoms with Gasteiger partial charge in [0.15, 0.2) is 15.0 Å². The van der Waals surface area contributed by atoms with Crippen LogP contribution in [0.4, 0.5) is 10.1 Å². The van der Waals surface area contributed by atoms with Crippen LogP contribution in [0.1, 0.15) is 13.3 Å². The summed E-state index contributed by atoms with van der Waals surface area (Å²) in [5.74, 6) is -0.507. The van der Waals surface area contributed by atoms with E-state index in [9.17, 15) is 17.6 Å². The molecular weight excluding hydrogens is 327 g/mol. The fourth-order valence-corrected chi connectivity index (χ4v) is 6.59. The van der Waals surface area contributed by atoms with Crippen LogP contribution >= 0.6 is 11.8 Å². The van der Waals surface area contributed by atoms with Crippen molar-refractivity contribution in [1.82, 2.24) is 0 Å². The van der Waals surface area contributed by atoms with Gasteiger partial charge in [-0.15, -0.1) is 0 Å². The van der Waals surface area contributed by atoms with Gasteiger partial charge >= 0.3 is 0 Å². The zero-order valence-corrected chi connectivity index (χ0v) is 13.5. The lowest BCUT2D eigenvalue weighted by Gasteiger charge is -2.24. The van der Waals surface area contributed by atoms with Gasteiger partial charge in [0.05, 0.1) is 17.5 Å². The van der Waals surface area contributed by atoms with Crippen LogP contribution in [0.2, 0.25) is 0 Å². The van der Waals surface area contributed by atoms with E-state index in [1.165, 1.54) is 23.9 Å². The van der Waals surface area contributed by atoms with Gasteiger partial charge in [0, 0.05) is 17.4 Å². The van der Waals surface area contributed by atoms with Crippen molar-refractivity contribution in [3.63, 3.8) is 0 Å². The number of sulfone groups is 1. The van der Waals surface area contributed by atoms with E-state index in [0.29, 0.717) is 10.9 Å². The molecule has 1 aromatic carbocycles. The highest BCUT2D eigenvalue weighted by Gasteiger charge is 2.49. The molecule has 8 heteroatoms. The predicted octanol–water partition coefficient (Wildman–Crippen LogP) is 1.84. The quantitative estimate of drug-likeness (QED) is 0.820. The maximum Gasteiger partial charge on any atom is 0.247 e. The Morgan fingerprint density at radius 3 is 2.68 bits per heavy atom. The standard InChI is InChI=1S/C14H15FN2O3S2/c1-2-13(18)16-14-17(10-5-3-9(15)4-6-10)11-7-22(19,20)8-12(11)21-14/h3-6,11-12H,2,7-8H2,1H3/t11-,12-/m1/s1. The fourth-order valence-electron chi connectivity index (χ4n) is 2.65. The first kappa shape index (κ1) is 15.5. The minimum Gasteiger partial charge on any atom is -0.316 e. The van der Waals surface area contributed by atoms with Gasteiger partial charge in [0.1, 0.15) is 5.82 Å². The lowest BCUT2D eigenvalue weighted by Crippen LogP contribution is -2.37. The molecular formula is C14H15FN2O3S2. The van der Waals surface area contributed by atoms with Gasteiger partial charge in [-0.1, -0.05) is 18.7 Å². The van der Waals surface area contributed by atoms with E-state index in [4.69, 9.17) is 0 Å². The maximum atomic E-state index is 13.1. The molecule has 1 aromatic rings. The number of benzene rings is 1. The molecule has 3 rings (SSSR count). The van der Waals surface area contributed by atoms with Crippen LogP contribution < -0.4 is 4.90 Å². The summed E-state index contributed by atoms with van der Waals surface area (Å²) in [6.07, 6.45) is 0.287. The highest BCUT2D eigenvalue weighted by Crippen LogP contribution is 2.40. The van der Waals surface area contributed by atoms with Crippen LogP contribution in [-0.2, 0) is 14.6 Å². The summed E-state index contributed by atoms with van der Waals surface area (Å²) in [5, 5.41) is 0.363. The number of hydrogen-bond acceptors (Lipinski definition) is 4. The number of aliphatic imine (C=N–C) groups is 1. The number of halogens is 1. The lowest BCUT2D eigenvalue weighted by atomic mass is 10.2. The zero-order chi connectivity index (χ0) is 15.9. The molecule has 22 heavy (non-hydrogen) atoms. The summed E-state index contributed by atoms with van der Waals surface area (Å²) in [4.78, 5) is 17.5. The largest absolute Gasteiger partial charge is 0.316 e. The number of rotatable bonds is 2. The molecule has 0 aliphatic carbocycles. The second-order valence-electron chi connectivity index (χ2n) is 5.29. The Bertz CT molecular complexity index is 731. The number of amidine groups is 1. The summed E-state index contributed by atoms with van der Waals surface area (Å²) in [6, 6.07) is 5.53. The second-order valence-corrected chi connectivity index (χ2v) is 8.65. The Morgan fingerprint density at radius 2 is 2.05 bits per heavy atom. The van der Waals surface area contributed by atoms with E-state index in [0.717, 1.165) is 0 Å². The van der Waals surface area contributed by atoms with E-state index in [2.05, 4.69) is 4.99 Å². The topological polar surface area (TPSA) is 66.8 Å². The molecule has 2 fully saturated rings. The third kappa shape index (κ3) is 2.89. The first-order valence-electron chi connectivity index (χ1n) is 6.93. The Labute approximate surface area is 132 Å². The van der Waals surface area contributed by atoms with Gasteiger partial charge in [0.2, 0.25) is 5.91 Å². The average Bonchev–Trinajstić information content (AvgIpc) is 2.91. The van der Waals surface area contributed by atoms with Crippen molar-refractivity contribution in [2.45, 2.75) is 24.6 Å². The number of anilines is 1. The Kier molecular flexibility index (Phi) is 3.98.